The minimum Gasteiger partial charge on any atom is -0.465 e. The minimum absolute atomic E-state index is 0.350. The molecule has 1 aromatic heterocycles. The number of furan rings is 1. The van der Waals surface area contributed by atoms with Crippen LogP contribution in [0.1, 0.15) is 21.7 Å². The monoisotopic (exact) mass is 219 g/mol. The van der Waals surface area contributed by atoms with Gasteiger partial charge in [-0.2, -0.15) is 0 Å². The molecule has 0 aliphatic carbocycles. The minimum atomic E-state index is -0.350. The molecular formula is C12H13NO3. The molecular weight excluding hydrogens is 206 g/mol. The summed E-state index contributed by atoms with van der Waals surface area (Å²) in [5, 5.41) is 0.906. The van der Waals surface area contributed by atoms with Crippen molar-refractivity contribution < 1.29 is 13.9 Å². The smallest absolute Gasteiger partial charge is 0.337 e. The number of fused-ring (bicyclic) bond motifs is 1. The van der Waals surface area contributed by atoms with Gasteiger partial charge < -0.3 is 14.9 Å². The van der Waals surface area contributed by atoms with E-state index in [2.05, 4.69) is 4.74 Å². The molecule has 0 spiro atoms. The maximum Gasteiger partial charge on any atom is 0.337 e. The molecule has 2 aromatic rings. The van der Waals surface area contributed by atoms with Crippen LogP contribution in [0.4, 0.5) is 0 Å². The van der Waals surface area contributed by atoms with Gasteiger partial charge in [0, 0.05) is 5.39 Å². The zero-order chi connectivity index (χ0) is 11.7. The van der Waals surface area contributed by atoms with Crippen LogP contribution < -0.4 is 5.73 Å². The van der Waals surface area contributed by atoms with Gasteiger partial charge in [0.05, 0.1) is 19.2 Å². The summed E-state index contributed by atoms with van der Waals surface area (Å²) >= 11 is 0. The van der Waals surface area contributed by atoms with Gasteiger partial charge in [0.25, 0.3) is 0 Å². The molecule has 0 fully saturated rings. The van der Waals surface area contributed by atoms with Gasteiger partial charge in [0.2, 0.25) is 0 Å². The number of rotatable bonds is 2. The van der Waals surface area contributed by atoms with Gasteiger partial charge >= 0.3 is 5.97 Å². The molecule has 16 heavy (non-hydrogen) atoms. The first-order chi connectivity index (χ1) is 7.67. The fourth-order valence-corrected chi connectivity index (χ4v) is 1.71. The molecule has 0 aliphatic rings. The van der Waals surface area contributed by atoms with E-state index in [9.17, 15) is 4.79 Å². The Labute approximate surface area is 93.0 Å². The first kappa shape index (κ1) is 10.7. The van der Waals surface area contributed by atoms with Crippen molar-refractivity contribution in [1.82, 2.24) is 0 Å². The second kappa shape index (κ2) is 3.98. The van der Waals surface area contributed by atoms with E-state index >= 15 is 0 Å². The first-order valence-electron chi connectivity index (χ1n) is 4.97. The number of hydrogen-bond acceptors (Lipinski definition) is 4. The van der Waals surface area contributed by atoms with Crippen molar-refractivity contribution in [3.63, 3.8) is 0 Å². The Kier molecular flexibility index (Phi) is 2.66. The Morgan fingerprint density at radius 3 is 2.88 bits per heavy atom. The molecule has 0 saturated heterocycles. The van der Waals surface area contributed by atoms with Crippen molar-refractivity contribution >= 4 is 16.9 Å². The molecule has 4 nitrogen and oxygen atoms in total. The number of benzene rings is 1. The number of carbonyl (C=O) groups excluding carboxylic acids is 1. The standard InChI is InChI=1S/C12H13NO3/c1-7-9-5-8(12(14)15-2)3-4-10(9)16-11(7)6-13/h3-5H,6,13H2,1-2H3. The van der Waals surface area contributed by atoms with Gasteiger partial charge in [-0.15, -0.1) is 0 Å². The predicted octanol–water partition coefficient (Wildman–Crippen LogP) is 1.99. The van der Waals surface area contributed by atoms with Gasteiger partial charge in [-0.3, -0.25) is 0 Å². The number of aryl methyl sites for hydroxylation is 1. The topological polar surface area (TPSA) is 65.5 Å². The van der Waals surface area contributed by atoms with Gasteiger partial charge in [-0.05, 0) is 30.7 Å². The lowest BCUT2D eigenvalue weighted by molar-refractivity contribution is 0.0601. The molecule has 0 bridgehead atoms. The molecule has 0 amide bonds. The summed E-state index contributed by atoms with van der Waals surface area (Å²) in [6.07, 6.45) is 0. The van der Waals surface area contributed by atoms with Crippen LogP contribution in [0.2, 0.25) is 0 Å². The fraction of sp³-hybridized carbons (Fsp3) is 0.250. The maximum absolute atomic E-state index is 11.4. The molecule has 4 heteroatoms. The van der Waals surface area contributed by atoms with Crippen LogP contribution >= 0.6 is 0 Å². The molecule has 1 aromatic carbocycles. The van der Waals surface area contributed by atoms with Crippen molar-refractivity contribution in [2.24, 2.45) is 5.73 Å². The lowest BCUT2D eigenvalue weighted by atomic mass is 10.1. The lowest BCUT2D eigenvalue weighted by Crippen LogP contribution is -2.00. The Hall–Kier alpha value is -1.81. The van der Waals surface area contributed by atoms with Gasteiger partial charge in [0.1, 0.15) is 11.3 Å². The highest BCUT2D eigenvalue weighted by molar-refractivity contribution is 5.95. The maximum atomic E-state index is 11.4. The number of carbonyl (C=O) groups is 1. The molecule has 2 N–H and O–H groups in total. The van der Waals surface area contributed by atoms with Crippen LogP contribution in [0, 0.1) is 6.92 Å². The zero-order valence-electron chi connectivity index (χ0n) is 9.24. The van der Waals surface area contributed by atoms with E-state index in [4.69, 9.17) is 10.2 Å². The van der Waals surface area contributed by atoms with Crippen molar-refractivity contribution in [2.75, 3.05) is 7.11 Å². The van der Waals surface area contributed by atoms with Gasteiger partial charge in [-0.25, -0.2) is 4.79 Å². The van der Waals surface area contributed by atoms with Gasteiger partial charge in [0.15, 0.2) is 0 Å². The predicted molar refractivity (Wildman–Crippen MR) is 60.2 cm³/mol. The van der Waals surface area contributed by atoms with Crippen molar-refractivity contribution in [2.45, 2.75) is 13.5 Å². The third kappa shape index (κ3) is 1.57. The van der Waals surface area contributed by atoms with Crippen LogP contribution in [0.5, 0.6) is 0 Å². The van der Waals surface area contributed by atoms with Gasteiger partial charge in [-0.1, -0.05) is 0 Å². The van der Waals surface area contributed by atoms with E-state index in [1.165, 1.54) is 7.11 Å². The number of esters is 1. The average molecular weight is 219 g/mol. The summed E-state index contributed by atoms with van der Waals surface area (Å²) in [4.78, 5) is 11.4. The molecule has 0 atom stereocenters. The summed E-state index contributed by atoms with van der Waals surface area (Å²) in [5.74, 6) is 0.397. The molecule has 1 heterocycles. The summed E-state index contributed by atoms with van der Waals surface area (Å²) in [5.41, 5.74) is 7.79. The van der Waals surface area contributed by atoms with Crippen LogP contribution in [-0.4, -0.2) is 13.1 Å². The van der Waals surface area contributed by atoms with Crippen molar-refractivity contribution in [1.29, 1.82) is 0 Å². The van der Waals surface area contributed by atoms with Crippen molar-refractivity contribution in [3.8, 4) is 0 Å². The summed E-state index contributed by atoms with van der Waals surface area (Å²) in [7, 11) is 1.36. The molecule has 0 aliphatic heterocycles. The Morgan fingerprint density at radius 1 is 1.50 bits per heavy atom. The quantitative estimate of drug-likeness (QED) is 0.784. The Balaban J connectivity index is 2.61. The molecule has 0 unspecified atom stereocenters. The lowest BCUT2D eigenvalue weighted by Gasteiger charge is -1.98. The van der Waals surface area contributed by atoms with E-state index in [0.717, 1.165) is 22.3 Å². The SMILES string of the molecule is COC(=O)c1ccc2oc(CN)c(C)c2c1. The van der Waals surface area contributed by atoms with E-state index in [-0.39, 0.29) is 5.97 Å². The fourth-order valence-electron chi connectivity index (χ4n) is 1.71. The average Bonchev–Trinajstić information content (AvgIpc) is 2.64. The van der Waals surface area contributed by atoms with E-state index < -0.39 is 0 Å². The van der Waals surface area contributed by atoms with Crippen LogP contribution in [0.3, 0.4) is 0 Å². The third-order valence-electron chi connectivity index (χ3n) is 2.64. The molecule has 84 valence electrons. The third-order valence-corrected chi connectivity index (χ3v) is 2.64. The molecule has 0 saturated carbocycles. The van der Waals surface area contributed by atoms with Crippen LogP contribution in [0.15, 0.2) is 22.6 Å². The summed E-state index contributed by atoms with van der Waals surface area (Å²) in [6, 6.07) is 5.20. The number of ether oxygens (including phenoxy) is 1. The van der Waals surface area contributed by atoms with Crippen LogP contribution in [-0.2, 0) is 11.3 Å². The molecule has 0 radical (unpaired) electrons. The summed E-state index contributed by atoms with van der Waals surface area (Å²) in [6.45, 7) is 2.28. The largest absolute Gasteiger partial charge is 0.465 e. The van der Waals surface area contributed by atoms with Crippen LogP contribution in [0.25, 0.3) is 11.0 Å². The number of nitrogens with two attached hydrogens (primary N) is 1. The summed E-state index contributed by atoms with van der Waals surface area (Å²) < 4.78 is 10.2. The second-order valence-electron chi connectivity index (χ2n) is 3.56. The van der Waals surface area contributed by atoms with Crippen molar-refractivity contribution in [3.05, 3.63) is 35.1 Å². The highest BCUT2D eigenvalue weighted by atomic mass is 16.5. The normalized spacial score (nSPS) is 10.7. The highest BCUT2D eigenvalue weighted by Crippen LogP contribution is 2.26. The first-order valence-corrected chi connectivity index (χ1v) is 4.97. The van der Waals surface area contributed by atoms with E-state index in [1.54, 1.807) is 18.2 Å². The van der Waals surface area contributed by atoms with E-state index in [0.29, 0.717) is 12.1 Å². The molecule has 2 rings (SSSR count). The second-order valence-corrected chi connectivity index (χ2v) is 3.56. The number of methoxy groups -OCH3 is 1. The Bertz CT molecular complexity index is 542. The van der Waals surface area contributed by atoms with E-state index in [1.807, 2.05) is 6.92 Å². The number of hydrogen-bond donors (Lipinski definition) is 1. The highest BCUT2D eigenvalue weighted by Gasteiger charge is 2.12. The zero-order valence-corrected chi connectivity index (χ0v) is 9.24. The Morgan fingerprint density at radius 2 is 2.25 bits per heavy atom.